The van der Waals surface area contributed by atoms with Crippen LogP contribution in [-0.4, -0.2) is 36.1 Å². The second-order valence-electron chi connectivity index (χ2n) is 4.48. The average Bonchev–Trinajstić information content (AvgIpc) is 2.32. The Bertz CT molecular complexity index is 355. The lowest BCUT2D eigenvalue weighted by Gasteiger charge is -2.23. The molecule has 1 N–H and O–H groups in total. The smallest absolute Gasteiger partial charge is 0.126 e. The number of nitrogens with zero attached hydrogens (tertiary/aromatic N) is 2. The summed E-state index contributed by atoms with van der Waals surface area (Å²) in [6, 6.07) is 2.70. The second kappa shape index (κ2) is 6.97. The van der Waals surface area contributed by atoms with E-state index in [2.05, 4.69) is 65.0 Å². The fourth-order valence-corrected chi connectivity index (χ4v) is 1.75. The van der Waals surface area contributed by atoms with E-state index in [1.165, 1.54) is 12.0 Å². The number of anilines is 1. The zero-order valence-electron chi connectivity index (χ0n) is 11.1. The SMILES string of the molecule is CCC(C)N(C)CCNc1cc(C)c(Br)cn1. The molecule has 0 aliphatic carbocycles. The Morgan fingerprint density at radius 3 is 2.82 bits per heavy atom. The Kier molecular flexibility index (Phi) is 5.92. The number of hydrogen-bond acceptors (Lipinski definition) is 3. The van der Waals surface area contributed by atoms with Crippen LogP contribution in [-0.2, 0) is 0 Å². The van der Waals surface area contributed by atoms with Gasteiger partial charge < -0.3 is 10.2 Å². The van der Waals surface area contributed by atoms with Crippen LogP contribution in [0, 0.1) is 6.92 Å². The highest BCUT2D eigenvalue weighted by molar-refractivity contribution is 9.10. The number of hydrogen-bond donors (Lipinski definition) is 1. The van der Waals surface area contributed by atoms with E-state index in [1.807, 2.05) is 6.20 Å². The molecule has 0 radical (unpaired) electrons. The van der Waals surface area contributed by atoms with Crippen molar-refractivity contribution in [1.82, 2.24) is 9.88 Å². The van der Waals surface area contributed by atoms with Gasteiger partial charge in [0.25, 0.3) is 0 Å². The molecule has 0 fully saturated rings. The summed E-state index contributed by atoms with van der Waals surface area (Å²) < 4.78 is 1.06. The van der Waals surface area contributed by atoms with Crippen molar-refractivity contribution in [2.75, 3.05) is 25.5 Å². The standard InChI is InChI=1S/C13H22BrN3/c1-5-11(3)17(4)7-6-15-13-8-10(2)12(14)9-16-13/h8-9,11H,5-7H2,1-4H3,(H,15,16). The molecule has 0 spiro atoms. The van der Waals surface area contributed by atoms with Crippen LogP contribution in [0.2, 0.25) is 0 Å². The van der Waals surface area contributed by atoms with Gasteiger partial charge in [0.05, 0.1) is 0 Å². The highest BCUT2D eigenvalue weighted by atomic mass is 79.9. The lowest BCUT2D eigenvalue weighted by molar-refractivity contribution is 0.261. The van der Waals surface area contributed by atoms with Crippen LogP contribution >= 0.6 is 15.9 Å². The number of aromatic nitrogens is 1. The zero-order valence-corrected chi connectivity index (χ0v) is 12.7. The number of likely N-dealkylation sites (N-methyl/N-ethyl adjacent to an activating group) is 1. The quantitative estimate of drug-likeness (QED) is 0.874. The van der Waals surface area contributed by atoms with Crippen LogP contribution in [0.15, 0.2) is 16.7 Å². The van der Waals surface area contributed by atoms with Crippen LogP contribution in [0.1, 0.15) is 25.8 Å². The van der Waals surface area contributed by atoms with Crippen molar-refractivity contribution in [1.29, 1.82) is 0 Å². The fraction of sp³-hybridized carbons (Fsp3) is 0.615. The molecule has 96 valence electrons. The molecule has 0 saturated heterocycles. The molecule has 3 nitrogen and oxygen atoms in total. The monoisotopic (exact) mass is 299 g/mol. The molecule has 1 aromatic rings. The third-order valence-electron chi connectivity index (χ3n) is 3.16. The first-order valence-corrected chi connectivity index (χ1v) is 6.90. The van der Waals surface area contributed by atoms with E-state index < -0.39 is 0 Å². The number of aryl methyl sites for hydroxylation is 1. The van der Waals surface area contributed by atoms with Gasteiger partial charge in [-0.05, 0) is 54.9 Å². The summed E-state index contributed by atoms with van der Waals surface area (Å²) in [6.07, 6.45) is 3.03. The topological polar surface area (TPSA) is 28.2 Å². The third-order valence-corrected chi connectivity index (χ3v) is 3.99. The Labute approximate surface area is 113 Å². The van der Waals surface area contributed by atoms with E-state index in [0.717, 1.165) is 23.4 Å². The van der Waals surface area contributed by atoms with Gasteiger partial charge in [-0.3, -0.25) is 0 Å². The van der Waals surface area contributed by atoms with Crippen molar-refractivity contribution in [2.24, 2.45) is 0 Å². The number of nitrogens with one attached hydrogen (secondary N) is 1. The van der Waals surface area contributed by atoms with Crippen LogP contribution in [0.5, 0.6) is 0 Å². The summed E-state index contributed by atoms with van der Waals surface area (Å²) >= 11 is 3.45. The molecular weight excluding hydrogens is 278 g/mol. The minimum atomic E-state index is 0.636. The first kappa shape index (κ1) is 14.5. The molecule has 1 heterocycles. The van der Waals surface area contributed by atoms with E-state index in [4.69, 9.17) is 0 Å². The second-order valence-corrected chi connectivity index (χ2v) is 5.34. The van der Waals surface area contributed by atoms with E-state index in [0.29, 0.717) is 6.04 Å². The van der Waals surface area contributed by atoms with Gasteiger partial charge in [0, 0.05) is 29.8 Å². The summed E-state index contributed by atoms with van der Waals surface area (Å²) in [6.45, 7) is 8.50. The average molecular weight is 300 g/mol. The van der Waals surface area contributed by atoms with Gasteiger partial charge in [0.15, 0.2) is 0 Å². The van der Waals surface area contributed by atoms with Gasteiger partial charge in [-0.25, -0.2) is 4.98 Å². The molecule has 1 unspecified atom stereocenters. The van der Waals surface area contributed by atoms with Gasteiger partial charge in [0.1, 0.15) is 5.82 Å². The third kappa shape index (κ3) is 4.64. The Morgan fingerprint density at radius 2 is 2.24 bits per heavy atom. The van der Waals surface area contributed by atoms with Gasteiger partial charge in [-0.1, -0.05) is 6.92 Å². The van der Waals surface area contributed by atoms with Gasteiger partial charge >= 0.3 is 0 Å². The predicted molar refractivity (Wildman–Crippen MR) is 77.5 cm³/mol. The summed E-state index contributed by atoms with van der Waals surface area (Å²) in [7, 11) is 2.16. The van der Waals surface area contributed by atoms with E-state index in [9.17, 15) is 0 Å². The van der Waals surface area contributed by atoms with Crippen molar-refractivity contribution in [3.8, 4) is 0 Å². The minimum absolute atomic E-state index is 0.636. The van der Waals surface area contributed by atoms with E-state index in [-0.39, 0.29) is 0 Å². The lowest BCUT2D eigenvalue weighted by Crippen LogP contribution is -2.32. The normalized spacial score (nSPS) is 12.8. The molecule has 4 heteroatoms. The molecule has 1 rings (SSSR count). The number of rotatable bonds is 6. The number of pyridine rings is 1. The Hall–Kier alpha value is -0.610. The molecule has 0 saturated carbocycles. The Balaban J connectivity index is 2.38. The summed E-state index contributed by atoms with van der Waals surface area (Å²) in [5, 5.41) is 3.35. The molecule has 0 amide bonds. The van der Waals surface area contributed by atoms with Gasteiger partial charge in [-0.2, -0.15) is 0 Å². The molecule has 0 aliphatic heterocycles. The molecule has 17 heavy (non-hydrogen) atoms. The van der Waals surface area contributed by atoms with Crippen LogP contribution in [0.25, 0.3) is 0 Å². The molecule has 1 atom stereocenters. The first-order chi connectivity index (χ1) is 8.04. The van der Waals surface area contributed by atoms with Crippen molar-refractivity contribution in [3.63, 3.8) is 0 Å². The summed E-state index contributed by atoms with van der Waals surface area (Å²) in [5.41, 5.74) is 1.21. The van der Waals surface area contributed by atoms with Crippen molar-refractivity contribution < 1.29 is 0 Å². The predicted octanol–water partition coefficient (Wildman–Crippen LogP) is 3.29. The molecule has 0 aliphatic rings. The largest absolute Gasteiger partial charge is 0.369 e. The van der Waals surface area contributed by atoms with Crippen LogP contribution in [0.3, 0.4) is 0 Å². The van der Waals surface area contributed by atoms with Crippen molar-refractivity contribution in [2.45, 2.75) is 33.2 Å². The Morgan fingerprint density at radius 1 is 1.53 bits per heavy atom. The fourth-order valence-electron chi connectivity index (χ4n) is 1.53. The minimum Gasteiger partial charge on any atom is -0.369 e. The molecule has 0 aromatic carbocycles. The maximum atomic E-state index is 4.32. The summed E-state index contributed by atoms with van der Waals surface area (Å²) in [4.78, 5) is 6.68. The maximum Gasteiger partial charge on any atom is 0.126 e. The van der Waals surface area contributed by atoms with E-state index in [1.54, 1.807) is 0 Å². The lowest BCUT2D eigenvalue weighted by atomic mass is 10.2. The summed E-state index contributed by atoms with van der Waals surface area (Å²) in [5.74, 6) is 0.947. The first-order valence-electron chi connectivity index (χ1n) is 6.10. The highest BCUT2D eigenvalue weighted by Gasteiger charge is 2.05. The van der Waals surface area contributed by atoms with Crippen LogP contribution < -0.4 is 5.32 Å². The van der Waals surface area contributed by atoms with Crippen LogP contribution in [0.4, 0.5) is 5.82 Å². The van der Waals surface area contributed by atoms with E-state index >= 15 is 0 Å². The highest BCUT2D eigenvalue weighted by Crippen LogP contribution is 2.16. The maximum absolute atomic E-state index is 4.32. The molecular formula is C13H22BrN3. The number of halogens is 1. The van der Waals surface area contributed by atoms with Crippen molar-refractivity contribution >= 4 is 21.7 Å². The van der Waals surface area contributed by atoms with Crippen molar-refractivity contribution in [3.05, 3.63) is 22.3 Å². The molecule has 0 bridgehead atoms. The van der Waals surface area contributed by atoms with Gasteiger partial charge in [0.2, 0.25) is 0 Å². The zero-order chi connectivity index (χ0) is 12.8. The van der Waals surface area contributed by atoms with Gasteiger partial charge in [-0.15, -0.1) is 0 Å². The molecule has 1 aromatic heterocycles.